The lowest BCUT2D eigenvalue weighted by Crippen LogP contribution is -2.58. The van der Waals surface area contributed by atoms with Crippen molar-refractivity contribution >= 4 is 0 Å². The molecule has 0 spiro atoms. The molecule has 0 amide bonds. The smallest absolute Gasteiger partial charge is 0.329 e. The molecular formula is C16H29F3N2. The third kappa shape index (κ3) is 3.92. The van der Waals surface area contributed by atoms with Crippen LogP contribution in [0.1, 0.15) is 64.2 Å². The zero-order chi connectivity index (χ0) is 15.5. The van der Waals surface area contributed by atoms with Gasteiger partial charge in [0, 0.05) is 18.1 Å². The normalized spacial score (nSPS) is 33.1. The van der Waals surface area contributed by atoms with Crippen LogP contribution in [0.3, 0.4) is 0 Å². The lowest BCUT2D eigenvalue weighted by Gasteiger charge is -2.49. The van der Waals surface area contributed by atoms with E-state index in [2.05, 4.69) is 11.9 Å². The van der Waals surface area contributed by atoms with Gasteiger partial charge in [-0.25, -0.2) is 0 Å². The van der Waals surface area contributed by atoms with Crippen LogP contribution in [0.5, 0.6) is 0 Å². The van der Waals surface area contributed by atoms with Gasteiger partial charge >= 0.3 is 6.18 Å². The molecule has 2 saturated carbocycles. The third-order valence-corrected chi connectivity index (χ3v) is 5.88. The summed E-state index contributed by atoms with van der Waals surface area (Å²) >= 11 is 0. The fraction of sp³-hybridized carbons (Fsp3) is 1.00. The molecule has 2 aliphatic rings. The van der Waals surface area contributed by atoms with Crippen molar-refractivity contribution in [1.29, 1.82) is 0 Å². The number of halogens is 3. The molecule has 2 aliphatic carbocycles. The molecule has 2 fully saturated rings. The van der Waals surface area contributed by atoms with Gasteiger partial charge in [-0.1, -0.05) is 25.7 Å². The molecule has 124 valence electrons. The molecular weight excluding hydrogens is 277 g/mol. The van der Waals surface area contributed by atoms with E-state index in [1.165, 1.54) is 38.5 Å². The topological polar surface area (TPSA) is 29.3 Å². The Morgan fingerprint density at radius 3 is 1.95 bits per heavy atom. The van der Waals surface area contributed by atoms with Crippen LogP contribution in [0.15, 0.2) is 0 Å². The van der Waals surface area contributed by atoms with E-state index in [9.17, 15) is 13.2 Å². The quantitative estimate of drug-likeness (QED) is 0.796. The van der Waals surface area contributed by atoms with Crippen molar-refractivity contribution in [3.05, 3.63) is 0 Å². The van der Waals surface area contributed by atoms with E-state index in [0.29, 0.717) is 25.4 Å². The SMILES string of the molecule is CN(C1CCCCCC1)C1(CN)CCC(C(F)(F)F)CC1. The van der Waals surface area contributed by atoms with Gasteiger partial charge in [-0.3, -0.25) is 4.90 Å². The maximum atomic E-state index is 12.9. The maximum absolute atomic E-state index is 12.9. The van der Waals surface area contributed by atoms with Crippen LogP contribution in [0.2, 0.25) is 0 Å². The number of nitrogens with zero attached hydrogens (tertiary/aromatic N) is 1. The molecule has 5 heteroatoms. The van der Waals surface area contributed by atoms with Gasteiger partial charge in [0.05, 0.1) is 5.92 Å². The van der Waals surface area contributed by atoms with Crippen LogP contribution < -0.4 is 5.73 Å². The standard InChI is InChI=1S/C16H29F3N2/c1-21(14-6-4-2-3-5-7-14)15(12-20)10-8-13(9-11-15)16(17,18)19/h13-14H,2-12,20H2,1H3. The zero-order valence-corrected chi connectivity index (χ0v) is 13.1. The summed E-state index contributed by atoms with van der Waals surface area (Å²) in [7, 11) is 2.09. The lowest BCUT2D eigenvalue weighted by atomic mass is 9.74. The highest BCUT2D eigenvalue weighted by molar-refractivity contribution is 4.98. The zero-order valence-electron chi connectivity index (χ0n) is 13.1. The van der Waals surface area contributed by atoms with Gasteiger partial charge in [-0.15, -0.1) is 0 Å². The lowest BCUT2D eigenvalue weighted by molar-refractivity contribution is -0.188. The van der Waals surface area contributed by atoms with Crippen molar-refractivity contribution in [2.45, 2.75) is 82.0 Å². The van der Waals surface area contributed by atoms with Crippen molar-refractivity contribution in [3.8, 4) is 0 Å². The van der Waals surface area contributed by atoms with Crippen LogP contribution >= 0.6 is 0 Å². The predicted molar refractivity (Wildman–Crippen MR) is 79.1 cm³/mol. The fourth-order valence-corrected chi connectivity index (χ4v) is 4.22. The number of rotatable bonds is 3. The summed E-state index contributed by atoms with van der Waals surface area (Å²) in [5.41, 5.74) is 5.80. The second kappa shape index (κ2) is 6.86. The highest BCUT2D eigenvalue weighted by Gasteiger charge is 2.47. The summed E-state index contributed by atoms with van der Waals surface area (Å²) < 4.78 is 38.6. The van der Waals surface area contributed by atoms with E-state index in [4.69, 9.17) is 5.73 Å². The summed E-state index contributed by atoms with van der Waals surface area (Å²) in [5.74, 6) is -1.13. The minimum Gasteiger partial charge on any atom is -0.329 e. The van der Waals surface area contributed by atoms with Gasteiger partial charge < -0.3 is 5.73 Å². The Bertz CT molecular complexity index is 314. The number of alkyl halides is 3. The molecule has 21 heavy (non-hydrogen) atoms. The van der Waals surface area contributed by atoms with Crippen LogP contribution in [0.4, 0.5) is 13.2 Å². The molecule has 0 saturated heterocycles. The first-order valence-electron chi connectivity index (χ1n) is 8.39. The summed E-state index contributed by atoms with van der Waals surface area (Å²) in [4.78, 5) is 2.35. The monoisotopic (exact) mass is 306 g/mol. The minimum atomic E-state index is -4.04. The Hall–Kier alpha value is -0.290. The largest absolute Gasteiger partial charge is 0.391 e. The summed E-state index contributed by atoms with van der Waals surface area (Å²) in [6, 6.07) is 0.499. The molecule has 2 N–H and O–H groups in total. The van der Waals surface area contributed by atoms with Crippen molar-refractivity contribution in [3.63, 3.8) is 0 Å². The van der Waals surface area contributed by atoms with E-state index < -0.39 is 12.1 Å². The van der Waals surface area contributed by atoms with Gasteiger partial charge in [0.15, 0.2) is 0 Å². The molecule has 2 rings (SSSR count). The summed E-state index contributed by atoms with van der Waals surface area (Å²) in [6.45, 7) is 0.477. The number of hydrogen-bond acceptors (Lipinski definition) is 2. The number of hydrogen-bond donors (Lipinski definition) is 1. The van der Waals surface area contributed by atoms with Gasteiger partial charge in [0.25, 0.3) is 0 Å². The molecule has 0 bridgehead atoms. The Morgan fingerprint density at radius 2 is 1.52 bits per heavy atom. The van der Waals surface area contributed by atoms with Gasteiger partial charge in [0.2, 0.25) is 0 Å². The Labute approximate surface area is 126 Å². The summed E-state index contributed by atoms with van der Waals surface area (Å²) in [6.07, 6.45) is 4.98. The first kappa shape index (κ1) is 17.1. The highest BCUT2D eigenvalue weighted by atomic mass is 19.4. The molecule has 0 aromatic carbocycles. The first-order valence-corrected chi connectivity index (χ1v) is 8.39. The molecule has 0 heterocycles. The molecule has 0 atom stereocenters. The van der Waals surface area contributed by atoms with Crippen molar-refractivity contribution in [2.75, 3.05) is 13.6 Å². The molecule has 0 aromatic rings. The van der Waals surface area contributed by atoms with Gasteiger partial charge in [-0.05, 0) is 45.6 Å². The molecule has 0 unspecified atom stereocenters. The minimum absolute atomic E-state index is 0.212. The number of nitrogens with two attached hydrogens (primary N) is 1. The van der Waals surface area contributed by atoms with Gasteiger partial charge in [0.1, 0.15) is 0 Å². The van der Waals surface area contributed by atoms with Crippen molar-refractivity contribution in [2.24, 2.45) is 11.7 Å². The van der Waals surface area contributed by atoms with Crippen LogP contribution in [0, 0.1) is 5.92 Å². The fourth-order valence-electron chi connectivity index (χ4n) is 4.22. The predicted octanol–water partition coefficient (Wildman–Crippen LogP) is 4.09. The summed E-state index contributed by atoms with van der Waals surface area (Å²) in [5, 5.41) is 0. The van der Waals surface area contributed by atoms with E-state index >= 15 is 0 Å². The van der Waals surface area contributed by atoms with Crippen LogP contribution in [-0.2, 0) is 0 Å². The first-order chi connectivity index (χ1) is 9.89. The third-order valence-electron chi connectivity index (χ3n) is 5.88. The Kier molecular flexibility index (Phi) is 5.58. The average Bonchev–Trinajstić information content (AvgIpc) is 2.74. The van der Waals surface area contributed by atoms with Crippen molar-refractivity contribution in [1.82, 2.24) is 4.90 Å². The number of likely N-dealkylation sites (N-methyl/N-ethyl adjacent to an activating group) is 1. The Morgan fingerprint density at radius 1 is 1.00 bits per heavy atom. The van der Waals surface area contributed by atoms with Crippen molar-refractivity contribution < 1.29 is 13.2 Å². The molecule has 0 aromatic heterocycles. The van der Waals surface area contributed by atoms with Crippen LogP contribution in [0.25, 0.3) is 0 Å². The Balaban J connectivity index is 2.01. The van der Waals surface area contributed by atoms with Crippen LogP contribution in [-0.4, -0.2) is 36.2 Å². The van der Waals surface area contributed by atoms with E-state index in [1.54, 1.807) is 0 Å². The highest BCUT2D eigenvalue weighted by Crippen LogP contribution is 2.44. The average molecular weight is 306 g/mol. The molecule has 2 nitrogen and oxygen atoms in total. The second-order valence-corrected chi connectivity index (χ2v) is 7.00. The maximum Gasteiger partial charge on any atom is 0.391 e. The van der Waals surface area contributed by atoms with Gasteiger partial charge in [-0.2, -0.15) is 13.2 Å². The van der Waals surface area contributed by atoms with E-state index in [0.717, 1.165) is 0 Å². The second-order valence-electron chi connectivity index (χ2n) is 7.00. The molecule has 0 radical (unpaired) electrons. The van der Waals surface area contributed by atoms with E-state index in [1.807, 2.05) is 0 Å². The molecule has 0 aliphatic heterocycles. The van der Waals surface area contributed by atoms with E-state index in [-0.39, 0.29) is 18.4 Å².